The molecule has 132 valence electrons. The average molecular weight is 383 g/mol. The number of amides is 1. The van der Waals surface area contributed by atoms with Gasteiger partial charge in [0.25, 0.3) is 15.9 Å². The number of hydrogen-bond acceptors (Lipinski definition) is 5. The quantitative estimate of drug-likeness (QED) is 0.878. The van der Waals surface area contributed by atoms with E-state index < -0.39 is 10.0 Å². The van der Waals surface area contributed by atoms with Crippen LogP contribution in [0.2, 0.25) is 5.02 Å². The van der Waals surface area contributed by atoms with Gasteiger partial charge in [-0.25, -0.2) is 8.42 Å². The maximum absolute atomic E-state index is 12.8. The molecule has 0 radical (unpaired) electrons. The van der Waals surface area contributed by atoms with Crippen LogP contribution < -0.4 is 19.1 Å². The van der Waals surface area contributed by atoms with Crippen molar-refractivity contribution in [2.24, 2.45) is 0 Å². The minimum atomic E-state index is -3.99. The average Bonchev–Trinajstić information content (AvgIpc) is 2.58. The van der Waals surface area contributed by atoms with E-state index in [0.29, 0.717) is 5.69 Å². The van der Waals surface area contributed by atoms with Crippen LogP contribution >= 0.6 is 11.6 Å². The van der Waals surface area contributed by atoms with E-state index >= 15 is 0 Å². The number of fused-ring (bicyclic) bond motifs is 1. The predicted molar refractivity (Wildman–Crippen MR) is 94.2 cm³/mol. The Bertz CT molecular complexity index is 946. The van der Waals surface area contributed by atoms with E-state index in [2.05, 4.69) is 4.72 Å². The highest BCUT2D eigenvalue weighted by molar-refractivity contribution is 7.92. The summed E-state index contributed by atoms with van der Waals surface area (Å²) in [5.41, 5.74) is 0.702. The van der Waals surface area contributed by atoms with Gasteiger partial charge < -0.3 is 14.4 Å². The summed E-state index contributed by atoms with van der Waals surface area (Å²) in [5, 5.41) is 0.262. The first-order valence-corrected chi connectivity index (χ1v) is 9.08. The predicted octanol–water partition coefficient (Wildman–Crippen LogP) is 2.50. The molecule has 7 nitrogen and oxygen atoms in total. The molecule has 0 fully saturated rings. The summed E-state index contributed by atoms with van der Waals surface area (Å²) in [5.74, 6) is 0.230. The summed E-state index contributed by atoms with van der Waals surface area (Å²) >= 11 is 5.92. The maximum Gasteiger partial charge on any atom is 0.265 e. The van der Waals surface area contributed by atoms with Gasteiger partial charge in [0.1, 0.15) is 10.6 Å². The summed E-state index contributed by atoms with van der Waals surface area (Å²) in [7, 11) is -1.02. The molecule has 2 aromatic carbocycles. The summed E-state index contributed by atoms with van der Waals surface area (Å²) < 4.78 is 38.6. The molecule has 1 heterocycles. The van der Waals surface area contributed by atoms with Crippen LogP contribution in [0.5, 0.6) is 11.5 Å². The van der Waals surface area contributed by atoms with Crippen molar-refractivity contribution in [3.05, 3.63) is 41.4 Å². The molecule has 0 aliphatic carbocycles. The molecule has 3 rings (SSSR count). The van der Waals surface area contributed by atoms with E-state index in [4.69, 9.17) is 21.1 Å². The largest absolute Gasteiger partial charge is 0.495 e. The Morgan fingerprint density at radius 1 is 1.28 bits per heavy atom. The lowest BCUT2D eigenvalue weighted by molar-refractivity contribution is -0.120. The zero-order valence-corrected chi connectivity index (χ0v) is 15.0. The Labute approximate surface area is 150 Å². The second-order valence-electron chi connectivity index (χ2n) is 5.30. The third-order valence-corrected chi connectivity index (χ3v) is 5.35. The van der Waals surface area contributed by atoms with Crippen LogP contribution in [-0.4, -0.2) is 35.1 Å². The van der Waals surface area contributed by atoms with Crippen molar-refractivity contribution >= 4 is 38.9 Å². The second-order valence-corrected chi connectivity index (χ2v) is 7.38. The highest BCUT2D eigenvalue weighted by atomic mass is 35.5. The van der Waals surface area contributed by atoms with Crippen molar-refractivity contribution in [1.82, 2.24) is 0 Å². The molecule has 1 amide bonds. The fraction of sp³-hybridized carbons (Fsp3) is 0.188. The molecule has 1 N–H and O–H groups in total. The van der Waals surface area contributed by atoms with Crippen molar-refractivity contribution in [2.45, 2.75) is 4.90 Å². The molecule has 0 saturated carbocycles. The summed E-state index contributed by atoms with van der Waals surface area (Å²) in [6.45, 7) is -0.164. The number of halogens is 1. The van der Waals surface area contributed by atoms with Gasteiger partial charge in [0.05, 0.1) is 18.5 Å². The number of anilines is 2. The second kappa shape index (κ2) is 6.45. The Morgan fingerprint density at radius 3 is 2.76 bits per heavy atom. The first kappa shape index (κ1) is 17.4. The lowest BCUT2D eigenvalue weighted by Crippen LogP contribution is -2.35. The van der Waals surface area contributed by atoms with Gasteiger partial charge in [-0.2, -0.15) is 0 Å². The Kier molecular flexibility index (Phi) is 4.49. The number of nitrogens with zero attached hydrogens (tertiary/aromatic N) is 1. The van der Waals surface area contributed by atoms with Crippen LogP contribution in [-0.2, 0) is 14.8 Å². The number of carbonyl (C=O) groups excluding carboxylic acids is 1. The SMILES string of the molecule is COc1ccc(Cl)cc1S(=O)(=O)Nc1cccc2c1OCC(=O)N2C. The fourth-order valence-electron chi connectivity index (χ4n) is 2.45. The number of likely N-dealkylation sites (N-methyl/N-ethyl adjacent to an activating group) is 1. The van der Waals surface area contributed by atoms with E-state index in [0.717, 1.165) is 0 Å². The summed E-state index contributed by atoms with van der Waals surface area (Å²) in [4.78, 5) is 13.0. The van der Waals surface area contributed by atoms with E-state index in [-0.39, 0.29) is 39.6 Å². The number of hydrogen-bond donors (Lipinski definition) is 1. The molecular formula is C16H15ClN2O5S. The highest BCUT2D eigenvalue weighted by Crippen LogP contribution is 2.39. The Hall–Kier alpha value is -2.45. The molecule has 9 heteroatoms. The van der Waals surface area contributed by atoms with Gasteiger partial charge in [0.15, 0.2) is 12.4 Å². The molecule has 0 saturated heterocycles. The standard InChI is InChI=1S/C16H15ClN2O5S/c1-19-12-5-3-4-11(16(12)24-9-15(19)20)18-25(21,22)14-8-10(17)6-7-13(14)23-2/h3-8,18H,9H2,1-2H3. The Balaban J connectivity index is 2.04. The van der Waals surface area contributed by atoms with Gasteiger partial charge in [-0.1, -0.05) is 17.7 Å². The van der Waals surface area contributed by atoms with Crippen LogP contribution in [0.4, 0.5) is 11.4 Å². The van der Waals surface area contributed by atoms with Crippen molar-refractivity contribution in [1.29, 1.82) is 0 Å². The third kappa shape index (κ3) is 3.22. The monoisotopic (exact) mass is 382 g/mol. The zero-order chi connectivity index (χ0) is 18.2. The van der Waals surface area contributed by atoms with Crippen LogP contribution in [0.15, 0.2) is 41.3 Å². The van der Waals surface area contributed by atoms with Gasteiger partial charge in [0, 0.05) is 12.1 Å². The molecule has 0 bridgehead atoms. The number of sulfonamides is 1. The summed E-state index contributed by atoms with van der Waals surface area (Å²) in [6, 6.07) is 9.16. The number of ether oxygens (including phenoxy) is 2. The van der Waals surface area contributed by atoms with Crippen LogP contribution in [0, 0.1) is 0 Å². The number of para-hydroxylation sites is 1. The zero-order valence-electron chi connectivity index (χ0n) is 13.4. The first-order chi connectivity index (χ1) is 11.8. The molecule has 1 aliphatic rings. The summed E-state index contributed by atoms with van der Waals surface area (Å²) in [6.07, 6.45) is 0. The molecule has 0 atom stereocenters. The Morgan fingerprint density at radius 2 is 2.04 bits per heavy atom. The van der Waals surface area contributed by atoms with Crippen LogP contribution in [0.3, 0.4) is 0 Å². The van der Waals surface area contributed by atoms with Gasteiger partial charge in [-0.05, 0) is 30.3 Å². The number of methoxy groups -OCH3 is 1. The van der Waals surface area contributed by atoms with E-state index in [1.807, 2.05) is 0 Å². The maximum atomic E-state index is 12.8. The molecular weight excluding hydrogens is 368 g/mol. The lowest BCUT2D eigenvalue weighted by Gasteiger charge is -2.27. The molecule has 0 spiro atoms. The van der Waals surface area contributed by atoms with E-state index in [1.165, 1.54) is 30.2 Å². The third-order valence-electron chi connectivity index (χ3n) is 3.73. The molecule has 2 aromatic rings. The van der Waals surface area contributed by atoms with Crippen molar-refractivity contribution in [3.8, 4) is 11.5 Å². The lowest BCUT2D eigenvalue weighted by atomic mass is 10.2. The van der Waals surface area contributed by atoms with Gasteiger partial charge in [-0.15, -0.1) is 0 Å². The van der Waals surface area contributed by atoms with Crippen LogP contribution in [0.1, 0.15) is 0 Å². The van der Waals surface area contributed by atoms with E-state index in [1.54, 1.807) is 25.2 Å². The van der Waals surface area contributed by atoms with Gasteiger partial charge in [-0.3, -0.25) is 9.52 Å². The number of rotatable bonds is 4. The number of carbonyl (C=O) groups is 1. The molecule has 1 aliphatic heterocycles. The molecule has 25 heavy (non-hydrogen) atoms. The molecule has 0 unspecified atom stereocenters. The number of benzene rings is 2. The van der Waals surface area contributed by atoms with Gasteiger partial charge >= 0.3 is 0 Å². The molecule has 0 aromatic heterocycles. The normalized spacial score (nSPS) is 13.9. The van der Waals surface area contributed by atoms with Crippen LogP contribution in [0.25, 0.3) is 0 Å². The van der Waals surface area contributed by atoms with Crippen molar-refractivity contribution in [2.75, 3.05) is 30.4 Å². The van der Waals surface area contributed by atoms with Gasteiger partial charge in [0.2, 0.25) is 0 Å². The van der Waals surface area contributed by atoms with Crippen molar-refractivity contribution < 1.29 is 22.7 Å². The minimum Gasteiger partial charge on any atom is -0.495 e. The van der Waals surface area contributed by atoms with E-state index in [9.17, 15) is 13.2 Å². The number of nitrogens with one attached hydrogen (secondary N) is 1. The fourth-order valence-corrected chi connectivity index (χ4v) is 3.94. The first-order valence-electron chi connectivity index (χ1n) is 7.22. The minimum absolute atomic E-state index is 0.0969. The highest BCUT2D eigenvalue weighted by Gasteiger charge is 2.27. The smallest absolute Gasteiger partial charge is 0.265 e. The van der Waals surface area contributed by atoms with Crippen molar-refractivity contribution in [3.63, 3.8) is 0 Å². The topological polar surface area (TPSA) is 84.9 Å².